The van der Waals surface area contributed by atoms with Gasteiger partial charge < -0.3 is 10.1 Å². The SMILES string of the molecule is COC[C@@H](C)Nc1ccccc1Cl. The van der Waals surface area contributed by atoms with Crippen LogP contribution in [-0.4, -0.2) is 19.8 Å². The molecule has 0 heterocycles. The number of methoxy groups -OCH3 is 1. The average Bonchev–Trinajstić information content (AvgIpc) is 2.09. The van der Waals surface area contributed by atoms with Gasteiger partial charge in [0.05, 0.1) is 17.3 Å². The highest BCUT2D eigenvalue weighted by molar-refractivity contribution is 6.33. The second-order valence-electron chi connectivity index (χ2n) is 2.98. The van der Waals surface area contributed by atoms with Crippen LogP contribution in [0.5, 0.6) is 0 Å². The minimum absolute atomic E-state index is 0.268. The first-order valence-electron chi connectivity index (χ1n) is 4.24. The van der Waals surface area contributed by atoms with Crippen molar-refractivity contribution in [1.29, 1.82) is 0 Å². The molecule has 0 aliphatic carbocycles. The summed E-state index contributed by atoms with van der Waals surface area (Å²) in [5, 5.41) is 4.00. The molecule has 0 amide bonds. The molecular weight excluding hydrogens is 186 g/mol. The lowest BCUT2D eigenvalue weighted by Gasteiger charge is -2.14. The number of hydrogen-bond acceptors (Lipinski definition) is 2. The minimum atomic E-state index is 0.268. The Labute approximate surface area is 83.9 Å². The minimum Gasteiger partial charge on any atom is -0.383 e. The number of rotatable bonds is 4. The van der Waals surface area contributed by atoms with Gasteiger partial charge >= 0.3 is 0 Å². The summed E-state index contributed by atoms with van der Waals surface area (Å²) in [7, 11) is 1.69. The van der Waals surface area contributed by atoms with E-state index in [0.29, 0.717) is 6.61 Å². The molecule has 0 spiro atoms. The number of halogens is 1. The highest BCUT2D eigenvalue weighted by Gasteiger charge is 2.03. The molecule has 0 bridgehead atoms. The van der Waals surface area contributed by atoms with Crippen LogP contribution in [-0.2, 0) is 4.74 Å². The van der Waals surface area contributed by atoms with Crippen molar-refractivity contribution >= 4 is 17.3 Å². The van der Waals surface area contributed by atoms with Crippen LogP contribution in [0, 0.1) is 0 Å². The summed E-state index contributed by atoms with van der Waals surface area (Å²) in [5.41, 5.74) is 0.953. The second kappa shape index (κ2) is 5.10. The van der Waals surface area contributed by atoms with Crippen molar-refractivity contribution in [2.75, 3.05) is 19.0 Å². The predicted octanol–water partition coefficient (Wildman–Crippen LogP) is 2.79. The largest absolute Gasteiger partial charge is 0.383 e. The van der Waals surface area contributed by atoms with Gasteiger partial charge in [0.25, 0.3) is 0 Å². The maximum atomic E-state index is 5.97. The van der Waals surface area contributed by atoms with Crippen molar-refractivity contribution in [3.63, 3.8) is 0 Å². The summed E-state index contributed by atoms with van der Waals surface area (Å²) in [5.74, 6) is 0. The van der Waals surface area contributed by atoms with Crippen LogP contribution in [0.15, 0.2) is 24.3 Å². The Balaban J connectivity index is 2.58. The van der Waals surface area contributed by atoms with E-state index in [2.05, 4.69) is 5.32 Å². The molecule has 1 N–H and O–H groups in total. The smallest absolute Gasteiger partial charge is 0.0661 e. The maximum absolute atomic E-state index is 5.97. The van der Waals surface area contributed by atoms with E-state index >= 15 is 0 Å². The molecule has 1 aromatic carbocycles. The molecule has 0 aromatic heterocycles. The molecule has 0 fully saturated rings. The molecule has 2 nitrogen and oxygen atoms in total. The standard InChI is InChI=1S/C10H14ClNO/c1-8(7-13-2)12-10-6-4-3-5-9(10)11/h3-6,8,12H,7H2,1-2H3/t8-/m1/s1. The van der Waals surface area contributed by atoms with Crippen LogP contribution in [0.4, 0.5) is 5.69 Å². The Morgan fingerprint density at radius 1 is 1.46 bits per heavy atom. The molecule has 3 heteroatoms. The number of anilines is 1. The van der Waals surface area contributed by atoms with Crippen LogP contribution >= 0.6 is 11.6 Å². The van der Waals surface area contributed by atoms with Crippen LogP contribution in [0.25, 0.3) is 0 Å². The zero-order valence-electron chi connectivity index (χ0n) is 7.88. The van der Waals surface area contributed by atoms with Gasteiger partial charge in [0.15, 0.2) is 0 Å². The summed E-state index contributed by atoms with van der Waals surface area (Å²) in [6.45, 7) is 2.72. The highest BCUT2D eigenvalue weighted by Crippen LogP contribution is 2.20. The molecule has 13 heavy (non-hydrogen) atoms. The molecule has 0 aliphatic heterocycles. The fraction of sp³-hybridized carbons (Fsp3) is 0.400. The van der Waals surface area contributed by atoms with E-state index in [9.17, 15) is 0 Å². The van der Waals surface area contributed by atoms with Crippen LogP contribution in [0.2, 0.25) is 5.02 Å². The van der Waals surface area contributed by atoms with E-state index in [1.54, 1.807) is 7.11 Å². The second-order valence-corrected chi connectivity index (χ2v) is 3.39. The Bertz CT molecular complexity index is 265. The molecular formula is C10H14ClNO. The van der Waals surface area contributed by atoms with E-state index in [4.69, 9.17) is 16.3 Å². The molecule has 1 rings (SSSR count). The first-order chi connectivity index (χ1) is 6.24. The zero-order chi connectivity index (χ0) is 9.68. The third kappa shape index (κ3) is 3.25. The molecule has 0 saturated carbocycles. The average molecular weight is 200 g/mol. The van der Waals surface area contributed by atoms with E-state index in [1.807, 2.05) is 31.2 Å². The molecule has 0 unspecified atom stereocenters. The third-order valence-electron chi connectivity index (χ3n) is 1.69. The molecule has 0 radical (unpaired) electrons. The van der Waals surface area contributed by atoms with Crippen LogP contribution < -0.4 is 5.32 Å². The number of nitrogens with one attached hydrogen (secondary N) is 1. The quantitative estimate of drug-likeness (QED) is 0.805. The normalized spacial score (nSPS) is 12.5. The van der Waals surface area contributed by atoms with E-state index in [0.717, 1.165) is 10.7 Å². The predicted molar refractivity (Wildman–Crippen MR) is 56.4 cm³/mol. The number of benzene rings is 1. The van der Waals surface area contributed by atoms with Crippen molar-refractivity contribution in [2.45, 2.75) is 13.0 Å². The lowest BCUT2D eigenvalue weighted by Crippen LogP contribution is -2.20. The van der Waals surface area contributed by atoms with Crippen LogP contribution in [0.3, 0.4) is 0 Å². The summed E-state index contributed by atoms with van der Waals surface area (Å²) in [6, 6.07) is 7.95. The van der Waals surface area contributed by atoms with Gasteiger partial charge in [-0.25, -0.2) is 0 Å². The molecule has 1 aromatic rings. The zero-order valence-corrected chi connectivity index (χ0v) is 8.64. The van der Waals surface area contributed by atoms with E-state index in [-0.39, 0.29) is 6.04 Å². The van der Waals surface area contributed by atoms with Gasteiger partial charge in [-0.05, 0) is 19.1 Å². The first kappa shape index (κ1) is 10.4. The Morgan fingerprint density at radius 2 is 2.15 bits per heavy atom. The lowest BCUT2D eigenvalue weighted by atomic mass is 10.3. The van der Waals surface area contributed by atoms with Crippen molar-refractivity contribution in [3.05, 3.63) is 29.3 Å². The van der Waals surface area contributed by atoms with Crippen LogP contribution in [0.1, 0.15) is 6.92 Å². The maximum Gasteiger partial charge on any atom is 0.0661 e. The molecule has 0 aliphatic rings. The topological polar surface area (TPSA) is 21.3 Å². The summed E-state index contributed by atoms with van der Waals surface area (Å²) >= 11 is 5.97. The van der Waals surface area contributed by atoms with E-state index in [1.165, 1.54) is 0 Å². The summed E-state index contributed by atoms with van der Waals surface area (Å²) in [6.07, 6.45) is 0. The highest BCUT2D eigenvalue weighted by atomic mass is 35.5. The van der Waals surface area contributed by atoms with Gasteiger partial charge in [0.1, 0.15) is 0 Å². The number of hydrogen-bond donors (Lipinski definition) is 1. The van der Waals surface area contributed by atoms with Crippen molar-refractivity contribution < 1.29 is 4.74 Å². The molecule has 1 atom stereocenters. The van der Waals surface area contributed by atoms with Crippen molar-refractivity contribution in [1.82, 2.24) is 0 Å². The number of para-hydroxylation sites is 1. The Morgan fingerprint density at radius 3 is 2.77 bits per heavy atom. The van der Waals surface area contributed by atoms with Gasteiger partial charge in [-0.2, -0.15) is 0 Å². The fourth-order valence-corrected chi connectivity index (χ4v) is 1.33. The summed E-state index contributed by atoms with van der Waals surface area (Å²) in [4.78, 5) is 0. The van der Waals surface area contributed by atoms with Gasteiger partial charge in [0.2, 0.25) is 0 Å². The Kier molecular flexibility index (Phi) is 4.06. The summed E-state index contributed by atoms with van der Waals surface area (Å²) < 4.78 is 5.01. The number of ether oxygens (including phenoxy) is 1. The molecule has 0 saturated heterocycles. The van der Waals surface area contributed by atoms with Gasteiger partial charge in [-0.15, -0.1) is 0 Å². The van der Waals surface area contributed by atoms with Crippen molar-refractivity contribution in [2.24, 2.45) is 0 Å². The lowest BCUT2D eigenvalue weighted by molar-refractivity contribution is 0.190. The van der Waals surface area contributed by atoms with Gasteiger partial charge in [-0.1, -0.05) is 23.7 Å². The fourth-order valence-electron chi connectivity index (χ4n) is 1.14. The molecule has 72 valence electrons. The first-order valence-corrected chi connectivity index (χ1v) is 4.62. The third-order valence-corrected chi connectivity index (χ3v) is 2.02. The van der Waals surface area contributed by atoms with Crippen molar-refractivity contribution in [3.8, 4) is 0 Å². The Hall–Kier alpha value is -0.730. The monoisotopic (exact) mass is 199 g/mol. The van der Waals surface area contributed by atoms with Gasteiger partial charge in [-0.3, -0.25) is 0 Å². The van der Waals surface area contributed by atoms with Gasteiger partial charge in [0, 0.05) is 13.2 Å². The van der Waals surface area contributed by atoms with E-state index < -0.39 is 0 Å².